The fourth-order valence-electron chi connectivity index (χ4n) is 0.826. The highest BCUT2D eigenvalue weighted by Crippen LogP contribution is 2.36. The highest BCUT2D eigenvalue weighted by Gasteiger charge is 2.12. The monoisotopic (exact) mass is 179 g/mol. The van der Waals surface area contributed by atoms with Gasteiger partial charge in [-0.3, -0.25) is 4.57 Å². The largest absolute Gasteiger partial charge is 0.329 e. The third-order valence-corrected chi connectivity index (χ3v) is 1.91. The van der Waals surface area contributed by atoms with E-state index in [0.29, 0.717) is 5.57 Å². The highest BCUT2D eigenvalue weighted by molar-refractivity contribution is 7.52. The lowest BCUT2D eigenvalue weighted by Crippen LogP contribution is -2.11. The van der Waals surface area contributed by atoms with Crippen LogP contribution >= 0.6 is 7.60 Å². The number of allylic oxidation sites excluding steroid dienone is 1. The molecule has 0 aromatic rings. The van der Waals surface area contributed by atoms with E-state index in [4.69, 9.17) is 15.5 Å². The lowest BCUT2D eigenvalue weighted by molar-refractivity contribution is 0.376. The van der Waals surface area contributed by atoms with Crippen molar-refractivity contribution >= 4 is 7.60 Å². The molecule has 0 aromatic carbocycles. The minimum atomic E-state index is -3.90. The molecule has 0 amide bonds. The minimum Gasteiger partial charge on any atom is -0.325 e. The summed E-state index contributed by atoms with van der Waals surface area (Å²) < 4.78 is 10.4. The maximum atomic E-state index is 10.4. The molecule has 0 aliphatic heterocycles. The van der Waals surface area contributed by atoms with E-state index in [9.17, 15) is 4.57 Å². The van der Waals surface area contributed by atoms with Crippen LogP contribution in [0.5, 0.6) is 0 Å². The molecular weight excluding hydrogens is 165 g/mol. The number of hydrogen-bond donors (Lipinski definition) is 3. The van der Waals surface area contributed by atoms with Crippen LogP contribution in [-0.4, -0.2) is 22.0 Å². The first kappa shape index (κ1) is 10.8. The summed E-state index contributed by atoms with van der Waals surface area (Å²) in [5.74, 6) is 0. The van der Waals surface area contributed by atoms with Crippen LogP contribution in [0.4, 0.5) is 0 Å². The molecule has 0 unspecified atom stereocenters. The van der Waals surface area contributed by atoms with Gasteiger partial charge in [0.05, 0.1) is 6.16 Å². The van der Waals surface area contributed by atoms with Gasteiger partial charge in [-0.15, -0.1) is 0 Å². The second-order valence-electron chi connectivity index (χ2n) is 2.69. The minimum absolute atomic E-state index is 0.151. The molecule has 0 radical (unpaired) electrons. The number of rotatable bonds is 3. The molecule has 11 heavy (non-hydrogen) atoms. The Kier molecular flexibility index (Phi) is 3.97. The van der Waals surface area contributed by atoms with Crippen molar-refractivity contribution in [3.63, 3.8) is 0 Å². The van der Waals surface area contributed by atoms with E-state index in [-0.39, 0.29) is 12.2 Å². The van der Waals surface area contributed by atoms with Crippen molar-refractivity contribution in [2.75, 3.05) is 6.16 Å². The second-order valence-corrected chi connectivity index (χ2v) is 4.34. The summed E-state index contributed by atoms with van der Waals surface area (Å²) in [6.07, 6.45) is 1.44. The van der Waals surface area contributed by atoms with Crippen LogP contribution < -0.4 is 5.73 Å². The van der Waals surface area contributed by atoms with Gasteiger partial charge in [0.15, 0.2) is 0 Å². The Hall–Kier alpha value is -0.150. The quantitative estimate of drug-likeness (QED) is 0.434. The average molecular weight is 179 g/mol. The van der Waals surface area contributed by atoms with Gasteiger partial charge in [0.2, 0.25) is 0 Å². The first-order chi connectivity index (χ1) is 4.81. The topological polar surface area (TPSA) is 83.6 Å². The van der Waals surface area contributed by atoms with Gasteiger partial charge in [0, 0.05) is 6.04 Å². The first-order valence-corrected chi connectivity index (χ1v) is 5.08. The van der Waals surface area contributed by atoms with E-state index >= 15 is 0 Å². The average Bonchev–Trinajstić information content (AvgIpc) is 1.53. The summed E-state index contributed by atoms with van der Waals surface area (Å²) in [5.41, 5.74) is 6.02. The van der Waals surface area contributed by atoms with Gasteiger partial charge in [-0.05, 0) is 13.8 Å². The molecule has 0 saturated heterocycles. The SMILES string of the molecule is CC(=C[C@@H](C)N)CP(=O)(O)O. The van der Waals surface area contributed by atoms with Gasteiger partial charge >= 0.3 is 7.60 Å². The van der Waals surface area contributed by atoms with Gasteiger partial charge in [-0.1, -0.05) is 11.6 Å². The Morgan fingerprint density at radius 2 is 2.18 bits per heavy atom. The zero-order valence-corrected chi connectivity index (χ0v) is 7.58. The summed E-state index contributed by atoms with van der Waals surface area (Å²) in [6.45, 7) is 3.41. The Bertz CT molecular complexity index is 194. The van der Waals surface area contributed by atoms with Crippen molar-refractivity contribution in [3.05, 3.63) is 11.6 Å². The van der Waals surface area contributed by atoms with Crippen LogP contribution in [0.1, 0.15) is 13.8 Å². The Balaban J connectivity index is 4.08. The Morgan fingerprint density at radius 1 is 1.73 bits per heavy atom. The van der Waals surface area contributed by atoms with E-state index in [0.717, 1.165) is 0 Å². The van der Waals surface area contributed by atoms with Gasteiger partial charge in [-0.2, -0.15) is 0 Å². The van der Waals surface area contributed by atoms with Crippen LogP contribution in [0.25, 0.3) is 0 Å². The zero-order chi connectivity index (χ0) is 9.07. The molecule has 0 fully saturated rings. The molecule has 0 aliphatic rings. The molecule has 0 aromatic heterocycles. The van der Waals surface area contributed by atoms with Crippen LogP contribution in [0, 0.1) is 0 Å². The number of nitrogens with two attached hydrogens (primary N) is 1. The fraction of sp³-hybridized carbons (Fsp3) is 0.667. The predicted octanol–water partition coefficient (Wildman–Crippen LogP) is 0.458. The standard InChI is InChI=1S/C6H14NO3P/c1-5(3-6(2)7)4-11(8,9)10/h3,6H,4,7H2,1-2H3,(H2,8,9,10)/t6-/m1/s1. The first-order valence-electron chi connectivity index (χ1n) is 3.29. The molecule has 4 N–H and O–H groups in total. The van der Waals surface area contributed by atoms with E-state index < -0.39 is 7.60 Å². The molecule has 0 spiro atoms. The van der Waals surface area contributed by atoms with Gasteiger partial charge in [0.1, 0.15) is 0 Å². The van der Waals surface area contributed by atoms with Crippen LogP contribution in [-0.2, 0) is 4.57 Å². The number of hydrogen-bond acceptors (Lipinski definition) is 2. The Morgan fingerprint density at radius 3 is 2.45 bits per heavy atom. The molecular formula is C6H14NO3P. The molecule has 1 atom stereocenters. The van der Waals surface area contributed by atoms with E-state index in [1.807, 2.05) is 0 Å². The Labute approximate surface area is 66.3 Å². The molecule has 0 aliphatic carbocycles. The van der Waals surface area contributed by atoms with Crippen molar-refractivity contribution < 1.29 is 14.4 Å². The lowest BCUT2D eigenvalue weighted by Gasteiger charge is -2.04. The van der Waals surface area contributed by atoms with Crippen molar-refractivity contribution in [1.82, 2.24) is 0 Å². The molecule has 0 heterocycles. The summed E-state index contributed by atoms with van der Waals surface area (Å²) in [5, 5.41) is 0. The molecule has 0 rings (SSSR count). The second kappa shape index (κ2) is 4.02. The lowest BCUT2D eigenvalue weighted by atomic mass is 10.2. The van der Waals surface area contributed by atoms with Gasteiger partial charge in [-0.25, -0.2) is 0 Å². The summed E-state index contributed by atoms with van der Waals surface area (Å²) in [6, 6.07) is -0.151. The normalized spacial score (nSPS) is 16.6. The van der Waals surface area contributed by atoms with Crippen LogP contribution in [0.2, 0.25) is 0 Å². The van der Waals surface area contributed by atoms with Crippen LogP contribution in [0.3, 0.4) is 0 Å². The molecule has 66 valence electrons. The summed E-state index contributed by atoms with van der Waals surface area (Å²) in [7, 11) is -3.90. The summed E-state index contributed by atoms with van der Waals surface area (Å²) >= 11 is 0. The fourth-order valence-corrected chi connectivity index (χ4v) is 1.58. The molecule has 5 heteroatoms. The molecule has 4 nitrogen and oxygen atoms in total. The third-order valence-electron chi connectivity index (χ3n) is 1.00. The van der Waals surface area contributed by atoms with Gasteiger partial charge < -0.3 is 15.5 Å². The van der Waals surface area contributed by atoms with E-state index in [2.05, 4.69) is 0 Å². The van der Waals surface area contributed by atoms with Crippen molar-refractivity contribution in [2.45, 2.75) is 19.9 Å². The molecule has 0 bridgehead atoms. The highest BCUT2D eigenvalue weighted by atomic mass is 31.2. The smallest absolute Gasteiger partial charge is 0.325 e. The van der Waals surface area contributed by atoms with Crippen molar-refractivity contribution in [2.24, 2.45) is 5.73 Å². The summed E-state index contributed by atoms with van der Waals surface area (Å²) in [4.78, 5) is 17.1. The van der Waals surface area contributed by atoms with Crippen molar-refractivity contribution in [1.29, 1.82) is 0 Å². The zero-order valence-electron chi connectivity index (χ0n) is 6.69. The van der Waals surface area contributed by atoms with Crippen LogP contribution in [0.15, 0.2) is 11.6 Å². The van der Waals surface area contributed by atoms with Crippen molar-refractivity contribution in [3.8, 4) is 0 Å². The van der Waals surface area contributed by atoms with Gasteiger partial charge in [0.25, 0.3) is 0 Å². The maximum Gasteiger partial charge on any atom is 0.329 e. The van der Waals surface area contributed by atoms with E-state index in [1.165, 1.54) is 0 Å². The maximum absolute atomic E-state index is 10.4. The predicted molar refractivity (Wildman–Crippen MR) is 44.3 cm³/mol. The third kappa shape index (κ3) is 7.75. The van der Waals surface area contributed by atoms with E-state index in [1.54, 1.807) is 19.9 Å². The molecule has 0 saturated carbocycles.